The van der Waals surface area contributed by atoms with E-state index in [9.17, 15) is 30.8 Å². The number of hydrogen-bond donors (Lipinski definition) is 2. The Kier molecular flexibility index (Phi) is 8.01. The lowest BCUT2D eigenvalue weighted by molar-refractivity contribution is -0.0263. The summed E-state index contributed by atoms with van der Waals surface area (Å²) in [4.78, 5) is 19.0. The largest absolute Gasteiger partial charge is 0.486 e. The molecule has 1 fully saturated rings. The van der Waals surface area contributed by atoms with E-state index in [0.717, 1.165) is 24.5 Å². The fourth-order valence-electron chi connectivity index (χ4n) is 4.52. The lowest BCUT2D eigenvalue weighted by Crippen LogP contribution is -2.56. The van der Waals surface area contributed by atoms with Gasteiger partial charge in [-0.3, -0.25) is 9.52 Å². The van der Waals surface area contributed by atoms with Crippen LogP contribution in [0.2, 0.25) is 5.02 Å². The van der Waals surface area contributed by atoms with E-state index in [4.69, 9.17) is 16.3 Å². The number of hydrogen-bond acceptors (Lipinski definition) is 6. The molecule has 4 aromatic rings. The van der Waals surface area contributed by atoms with Gasteiger partial charge in [-0.25, -0.2) is 31.0 Å². The van der Waals surface area contributed by atoms with Crippen molar-refractivity contribution in [3.63, 3.8) is 0 Å². The first-order valence-corrected chi connectivity index (χ1v) is 14.9. The van der Waals surface area contributed by atoms with Crippen LogP contribution >= 0.6 is 11.6 Å². The highest BCUT2D eigenvalue weighted by Gasteiger charge is 2.44. The van der Waals surface area contributed by atoms with E-state index >= 15 is 0 Å². The molecule has 1 amide bonds. The lowest BCUT2D eigenvalue weighted by Gasteiger charge is -2.40. The van der Waals surface area contributed by atoms with Gasteiger partial charge < -0.3 is 19.5 Å². The minimum Gasteiger partial charge on any atom is -0.486 e. The van der Waals surface area contributed by atoms with Gasteiger partial charge in [0.2, 0.25) is 10.0 Å². The predicted octanol–water partition coefficient (Wildman–Crippen LogP) is 5.68. The summed E-state index contributed by atoms with van der Waals surface area (Å²) in [5, 5.41) is 2.85. The average Bonchev–Trinajstić information content (AvgIpc) is 3.25. The minimum absolute atomic E-state index is 0.136. The number of aryl methyl sites for hydroxylation is 1. The molecule has 3 heterocycles. The van der Waals surface area contributed by atoms with Crippen LogP contribution in [0, 0.1) is 11.6 Å². The van der Waals surface area contributed by atoms with Crippen LogP contribution in [0.25, 0.3) is 11.4 Å². The molecule has 1 aliphatic heterocycles. The number of sulfonamides is 1. The molecular formula is C28H24ClF4N5O4S. The number of amides is 1. The first-order chi connectivity index (χ1) is 20.1. The molecule has 2 aromatic heterocycles. The standard InChI is InChI=1S/C28H24ClF4N5O4S/c1-37-12-17(27(39)35-21-6-18(29)7-22(9-21)36-43(2,40)41)5-24(37)26-25(42-13-16-3-19(30)8-20(31)4-16)10-23(11-34-26)38-14-28(32,33)15-38/h3-12,36H,13-15H2,1-2H3,(H,35,39). The second-order valence-corrected chi connectivity index (χ2v) is 12.3. The average molecular weight is 638 g/mol. The Morgan fingerprint density at radius 1 is 1.05 bits per heavy atom. The van der Waals surface area contributed by atoms with Gasteiger partial charge in [0.25, 0.3) is 11.8 Å². The molecule has 5 rings (SSSR count). The van der Waals surface area contributed by atoms with Crippen molar-refractivity contribution in [3.8, 4) is 17.1 Å². The second-order valence-electron chi connectivity index (χ2n) is 10.1. The van der Waals surface area contributed by atoms with Crippen LogP contribution in [-0.2, 0) is 23.7 Å². The summed E-state index contributed by atoms with van der Waals surface area (Å²) in [6, 6.07) is 10.2. The van der Waals surface area contributed by atoms with Crippen molar-refractivity contribution in [2.24, 2.45) is 7.05 Å². The molecule has 15 heteroatoms. The molecule has 0 radical (unpaired) electrons. The number of carbonyl (C=O) groups excluding carboxylic acids is 1. The van der Waals surface area contributed by atoms with Crippen LogP contribution in [-0.4, -0.2) is 49.1 Å². The summed E-state index contributed by atoms with van der Waals surface area (Å²) in [6.07, 6.45) is 3.89. The normalized spacial score (nSPS) is 14.3. The van der Waals surface area contributed by atoms with Crippen LogP contribution in [0.5, 0.6) is 5.75 Å². The summed E-state index contributed by atoms with van der Waals surface area (Å²) < 4.78 is 87.5. The van der Waals surface area contributed by atoms with Crippen molar-refractivity contribution >= 4 is 44.6 Å². The number of pyridine rings is 1. The lowest BCUT2D eigenvalue weighted by atomic mass is 10.1. The highest BCUT2D eigenvalue weighted by Crippen LogP contribution is 2.37. The van der Waals surface area contributed by atoms with Gasteiger partial charge in [-0.15, -0.1) is 0 Å². The van der Waals surface area contributed by atoms with Gasteiger partial charge in [0.1, 0.15) is 29.7 Å². The molecule has 0 saturated carbocycles. The number of aromatic nitrogens is 2. The van der Waals surface area contributed by atoms with Gasteiger partial charge in [-0.05, 0) is 42.0 Å². The van der Waals surface area contributed by atoms with E-state index in [1.54, 1.807) is 11.6 Å². The highest BCUT2D eigenvalue weighted by atomic mass is 35.5. The summed E-state index contributed by atoms with van der Waals surface area (Å²) in [7, 11) is -1.94. The number of nitrogens with zero attached hydrogens (tertiary/aromatic N) is 3. The van der Waals surface area contributed by atoms with E-state index in [-0.39, 0.29) is 45.6 Å². The predicted molar refractivity (Wildman–Crippen MR) is 154 cm³/mol. The molecule has 0 unspecified atom stereocenters. The fourth-order valence-corrected chi connectivity index (χ4v) is 5.30. The number of alkyl halides is 2. The van der Waals surface area contributed by atoms with Crippen LogP contribution in [0.1, 0.15) is 15.9 Å². The molecule has 1 saturated heterocycles. The monoisotopic (exact) mass is 637 g/mol. The first-order valence-electron chi connectivity index (χ1n) is 12.6. The molecule has 0 spiro atoms. The maximum Gasteiger partial charge on any atom is 0.282 e. The Morgan fingerprint density at radius 2 is 1.72 bits per heavy atom. The SMILES string of the molecule is Cn1cc(C(=O)Nc2cc(Cl)cc(NS(C)(=O)=O)c2)cc1-c1ncc(N2CC(F)(F)C2)cc1OCc1cc(F)cc(F)c1. The van der Waals surface area contributed by atoms with Crippen molar-refractivity contribution in [1.82, 2.24) is 9.55 Å². The number of rotatable bonds is 9. The van der Waals surface area contributed by atoms with Crippen LogP contribution < -0.4 is 19.7 Å². The topological polar surface area (TPSA) is 106 Å². The second kappa shape index (κ2) is 11.4. The minimum atomic E-state index is -3.59. The third-order valence-corrected chi connectivity index (χ3v) is 7.16. The summed E-state index contributed by atoms with van der Waals surface area (Å²) >= 11 is 6.09. The van der Waals surface area contributed by atoms with Gasteiger partial charge in [-0.1, -0.05) is 11.6 Å². The quantitative estimate of drug-likeness (QED) is 0.229. The van der Waals surface area contributed by atoms with E-state index < -0.39 is 46.6 Å². The van der Waals surface area contributed by atoms with Crippen LogP contribution in [0.4, 0.5) is 34.6 Å². The summed E-state index contributed by atoms with van der Waals surface area (Å²) in [5.74, 6) is -4.82. The number of halogens is 5. The number of anilines is 3. The van der Waals surface area contributed by atoms with Crippen molar-refractivity contribution in [2.45, 2.75) is 12.5 Å². The zero-order valence-corrected chi connectivity index (χ0v) is 24.2. The third kappa shape index (κ3) is 7.38. The molecule has 226 valence electrons. The fraction of sp³-hybridized carbons (Fsp3) is 0.214. The molecule has 9 nitrogen and oxygen atoms in total. The Bertz CT molecular complexity index is 1810. The molecule has 1 aliphatic rings. The number of carbonyl (C=O) groups is 1. The molecule has 2 aromatic carbocycles. The Labute approximate surface area is 249 Å². The highest BCUT2D eigenvalue weighted by molar-refractivity contribution is 7.92. The van der Waals surface area contributed by atoms with Gasteiger partial charge >= 0.3 is 0 Å². The van der Waals surface area contributed by atoms with E-state index in [0.29, 0.717) is 11.4 Å². The zero-order chi connectivity index (χ0) is 31.1. The summed E-state index contributed by atoms with van der Waals surface area (Å²) in [6.45, 7) is -1.25. The number of nitrogens with one attached hydrogen (secondary N) is 2. The number of benzene rings is 2. The molecule has 0 bridgehead atoms. The molecule has 0 atom stereocenters. The van der Waals surface area contributed by atoms with Crippen molar-refractivity contribution < 1.29 is 35.5 Å². The Morgan fingerprint density at radius 3 is 2.37 bits per heavy atom. The van der Waals surface area contributed by atoms with Crippen LogP contribution in [0.15, 0.2) is 60.9 Å². The van der Waals surface area contributed by atoms with Crippen molar-refractivity contribution in [1.29, 1.82) is 0 Å². The van der Waals surface area contributed by atoms with E-state index in [1.165, 1.54) is 47.6 Å². The van der Waals surface area contributed by atoms with Crippen LogP contribution in [0.3, 0.4) is 0 Å². The van der Waals surface area contributed by atoms with Crippen molar-refractivity contribution in [3.05, 3.63) is 88.7 Å². The van der Waals surface area contributed by atoms with E-state index in [2.05, 4.69) is 15.0 Å². The Balaban J connectivity index is 1.43. The summed E-state index contributed by atoms with van der Waals surface area (Å²) in [5.41, 5.74) is 1.80. The van der Waals surface area contributed by atoms with E-state index in [1.807, 2.05) is 0 Å². The smallest absolute Gasteiger partial charge is 0.282 e. The molecule has 43 heavy (non-hydrogen) atoms. The molecule has 2 N–H and O–H groups in total. The third-order valence-electron chi connectivity index (χ3n) is 6.33. The van der Waals surface area contributed by atoms with Gasteiger partial charge in [0, 0.05) is 36.1 Å². The van der Waals surface area contributed by atoms with Crippen molar-refractivity contribution in [2.75, 3.05) is 34.3 Å². The maximum absolute atomic E-state index is 13.7. The maximum atomic E-state index is 13.7. The Hall–Kier alpha value is -4.30. The first kappa shape index (κ1) is 30.2. The zero-order valence-electron chi connectivity index (χ0n) is 22.7. The van der Waals surface area contributed by atoms with Gasteiger partial charge in [0.05, 0.1) is 48.2 Å². The van der Waals surface area contributed by atoms with Gasteiger partial charge in [-0.2, -0.15) is 0 Å². The van der Waals surface area contributed by atoms with Gasteiger partial charge in [0.15, 0.2) is 0 Å². The molecule has 0 aliphatic carbocycles. The molecular weight excluding hydrogens is 614 g/mol. The number of ether oxygens (including phenoxy) is 1.